The van der Waals surface area contributed by atoms with Crippen molar-refractivity contribution in [3.63, 3.8) is 0 Å². The third kappa shape index (κ3) is 3.91. The molecule has 0 aliphatic rings. The van der Waals surface area contributed by atoms with Gasteiger partial charge >= 0.3 is 0 Å². The maximum absolute atomic E-state index is 12.6. The predicted molar refractivity (Wildman–Crippen MR) is 96.9 cm³/mol. The van der Waals surface area contributed by atoms with E-state index in [1.54, 1.807) is 18.3 Å². The van der Waals surface area contributed by atoms with Crippen LogP contribution < -0.4 is 5.32 Å². The van der Waals surface area contributed by atoms with Crippen molar-refractivity contribution in [1.29, 1.82) is 5.26 Å². The van der Waals surface area contributed by atoms with Gasteiger partial charge < -0.3 is 5.32 Å². The summed E-state index contributed by atoms with van der Waals surface area (Å²) in [6.07, 6.45) is 2.41. The summed E-state index contributed by atoms with van der Waals surface area (Å²) in [6.45, 7) is 0.504. The molecular weight excluding hydrogens is 310 g/mol. The number of pyridine rings is 1. The third-order valence-electron chi connectivity index (χ3n) is 3.90. The van der Waals surface area contributed by atoms with Crippen LogP contribution in [0.4, 0.5) is 0 Å². The number of carbonyl (C=O) groups excluding carboxylic acids is 1. The molecule has 0 bridgehead atoms. The second kappa shape index (κ2) is 7.89. The first-order chi connectivity index (χ1) is 12.3. The molecular formula is C21H17N3O. The summed E-state index contributed by atoms with van der Waals surface area (Å²) in [5.74, 6) is -0.153. The van der Waals surface area contributed by atoms with E-state index < -0.39 is 0 Å². The Morgan fingerprint density at radius 1 is 0.960 bits per heavy atom. The lowest BCUT2D eigenvalue weighted by Gasteiger charge is -2.11. The number of rotatable bonds is 5. The molecule has 0 saturated carbocycles. The molecule has 4 nitrogen and oxygen atoms in total. The van der Waals surface area contributed by atoms with Gasteiger partial charge in [0.05, 0.1) is 11.6 Å². The predicted octanol–water partition coefficient (Wildman–Crippen LogP) is 3.59. The van der Waals surface area contributed by atoms with Crippen LogP contribution in [-0.4, -0.2) is 17.4 Å². The van der Waals surface area contributed by atoms with E-state index in [1.165, 1.54) is 0 Å². The van der Waals surface area contributed by atoms with Crippen LogP contribution in [0.25, 0.3) is 11.1 Å². The third-order valence-corrected chi connectivity index (χ3v) is 3.90. The molecule has 0 radical (unpaired) electrons. The zero-order valence-corrected chi connectivity index (χ0v) is 13.6. The van der Waals surface area contributed by atoms with Gasteiger partial charge in [-0.05, 0) is 29.8 Å². The number of amides is 1. The molecule has 0 saturated heterocycles. The average Bonchev–Trinajstić information content (AvgIpc) is 2.68. The van der Waals surface area contributed by atoms with Gasteiger partial charge in [0.1, 0.15) is 0 Å². The zero-order chi connectivity index (χ0) is 17.5. The fraction of sp³-hybridized carbons (Fsp3) is 0.0952. The van der Waals surface area contributed by atoms with E-state index in [0.717, 1.165) is 16.8 Å². The molecule has 0 spiro atoms. The average molecular weight is 327 g/mol. The van der Waals surface area contributed by atoms with Crippen LogP contribution in [0.2, 0.25) is 0 Å². The van der Waals surface area contributed by atoms with Crippen LogP contribution in [0.3, 0.4) is 0 Å². The first-order valence-corrected chi connectivity index (χ1v) is 8.06. The van der Waals surface area contributed by atoms with E-state index in [4.69, 9.17) is 0 Å². The van der Waals surface area contributed by atoms with E-state index in [2.05, 4.69) is 16.4 Å². The molecule has 1 amide bonds. The summed E-state index contributed by atoms with van der Waals surface area (Å²) >= 11 is 0. The van der Waals surface area contributed by atoms with E-state index in [1.807, 2.05) is 54.6 Å². The molecule has 1 heterocycles. The van der Waals surface area contributed by atoms with E-state index in [9.17, 15) is 10.1 Å². The van der Waals surface area contributed by atoms with Gasteiger partial charge in [-0.2, -0.15) is 5.26 Å². The summed E-state index contributed by atoms with van der Waals surface area (Å²) in [7, 11) is 0. The van der Waals surface area contributed by atoms with E-state index in [0.29, 0.717) is 24.1 Å². The summed E-state index contributed by atoms with van der Waals surface area (Å²) in [5.41, 5.74) is 3.57. The van der Waals surface area contributed by atoms with Crippen molar-refractivity contribution >= 4 is 5.91 Å². The largest absolute Gasteiger partial charge is 0.352 e. The molecule has 3 rings (SSSR count). The molecule has 0 unspecified atom stereocenters. The normalized spacial score (nSPS) is 10.0. The van der Waals surface area contributed by atoms with Crippen LogP contribution >= 0.6 is 0 Å². The van der Waals surface area contributed by atoms with Crippen molar-refractivity contribution < 1.29 is 4.79 Å². The maximum atomic E-state index is 12.6. The first-order valence-electron chi connectivity index (χ1n) is 8.06. The van der Waals surface area contributed by atoms with Gasteiger partial charge in [0.2, 0.25) is 0 Å². The highest BCUT2D eigenvalue weighted by atomic mass is 16.1. The Balaban J connectivity index is 1.79. The van der Waals surface area contributed by atoms with Gasteiger partial charge in [0, 0.05) is 36.0 Å². The van der Waals surface area contributed by atoms with Crippen molar-refractivity contribution in [2.75, 3.05) is 6.54 Å². The number of hydrogen-bond acceptors (Lipinski definition) is 3. The van der Waals surface area contributed by atoms with Crippen molar-refractivity contribution in [3.05, 3.63) is 89.7 Å². The maximum Gasteiger partial charge on any atom is 0.251 e. The molecule has 3 aromatic rings. The number of hydrogen-bond donors (Lipinski definition) is 1. The summed E-state index contributed by atoms with van der Waals surface area (Å²) in [6, 6.07) is 22.5. The molecule has 25 heavy (non-hydrogen) atoms. The SMILES string of the molecule is N#Cc1ccccc1-c1ccccc1C(=O)NCCc1ccccn1. The minimum atomic E-state index is -0.153. The number of carbonyl (C=O) groups is 1. The second-order valence-electron chi connectivity index (χ2n) is 5.53. The van der Waals surface area contributed by atoms with E-state index in [-0.39, 0.29) is 5.91 Å². The molecule has 1 N–H and O–H groups in total. The zero-order valence-electron chi connectivity index (χ0n) is 13.6. The van der Waals surface area contributed by atoms with Crippen molar-refractivity contribution in [1.82, 2.24) is 10.3 Å². The monoisotopic (exact) mass is 327 g/mol. The molecule has 0 fully saturated rings. The van der Waals surface area contributed by atoms with Crippen LogP contribution in [0.1, 0.15) is 21.6 Å². The fourth-order valence-corrected chi connectivity index (χ4v) is 2.68. The minimum Gasteiger partial charge on any atom is -0.352 e. The van der Waals surface area contributed by atoms with Gasteiger partial charge in [-0.1, -0.05) is 42.5 Å². The lowest BCUT2D eigenvalue weighted by atomic mass is 9.95. The number of nitrogens with zero attached hydrogens (tertiary/aromatic N) is 2. The molecule has 0 aliphatic heterocycles. The van der Waals surface area contributed by atoms with E-state index >= 15 is 0 Å². The second-order valence-corrected chi connectivity index (χ2v) is 5.53. The van der Waals surface area contributed by atoms with Crippen molar-refractivity contribution in [2.45, 2.75) is 6.42 Å². The molecule has 0 aliphatic carbocycles. The molecule has 4 heteroatoms. The van der Waals surface area contributed by atoms with Crippen LogP contribution in [0, 0.1) is 11.3 Å². The highest BCUT2D eigenvalue weighted by Gasteiger charge is 2.14. The van der Waals surface area contributed by atoms with Gasteiger partial charge in [0.25, 0.3) is 5.91 Å². The number of nitriles is 1. The Hall–Kier alpha value is -3.45. The van der Waals surface area contributed by atoms with Crippen LogP contribution in [-0.2, 0) is 6.42 Å². The van der Waals surface area contributed by atoms with Gasteiger partial charge in [-0.15, -0.1) is 0 Å². The summed E-state index contributed by atoms with van der Waals surface area (Å²) < 4.78 is 0. The van der Waals surface area contributed by atoms with Gasteiger partial charge in [0.15, 0.2) is 0 Å². The molecule has 122 valence electrons. The number of aromatic nitrogens is 1. The van der Waals surface area contributed by atoms with Gasteiger partial charge in [-0.3, -0.25) is 9.78 Å². The Kier molecular flexibility index (Phi) is 5.18. The smallest absolute Gasteiger partial charge is 0.251 e. The topological polar surface area (TPSA) is 65.8 Å². The highest BCUT2D eigenvalue weighted by Crippen LogP contribution is 2.26. The first kappa shape index (κ1) is 16.4. The Labute approximate surface area is 146 Å². The Morgan fingerprint density at radius 2 is 1.68 bits per heavy atom. The van der Waals surface area contributed by atoms with Gasteiger partial charge in [-0.25, -0.2) is 0 Å². The standard InChI is InChI=1S/C21H17N3O/c22-15-16-7-1-2-9-18(16)19-10-3-4-11-20(19)21(25)24-14-12-17-8-5-6-13-23-17/h1-11,13H,12,14H2,(H,24,25). The van der Waals surface area contributed by atoms with Crippen molar-refractivity contribution in [2.24, 2.45) is 0 Å². The quantitative estimate of drug-likeness (QED) is 0.779. The van der Waals surface area contributed by atoms with Crippen LogP contribution in [0.5, 0.6) is 0 Å². The number of benzene rings is 2. The number of nitrogens with one attached hydrogen (secondary N) is 1. The Morgan fingerprint density at radius 3 is 2.44 bits per heavy atom. The highest BCUT2D eigenvalue weighted by molar-refractivity contribution is 6.01. The van der Waals surface area contributed by atoms with Crippen molar-refractivity contribution in [3.8, 4) is 17.2 Å². The van der Waals surface area contributed by atoms with Crippen LogP contribution in [0.15, 0.2) is 72.9 Å². The summed E-state index contributed by atoms with van der Waals surface area (Å²) in [5, 5.41) is 12.3. The minimum absolute atomic E-state index is 0.153. The summed E-state index contributed by atoms with van der Waals surface area (Å²) in [4.78, 5) is 16.9. The molecule has 2 aromatic carbocycles. The molecule has 0 atom stereocenters. The molecule has 1 aromatic heterocycles. The Bertz CT molecular complexity index is 914. The fourth-order valence-electron chi connectivity index (χ4n) is 2.68. The lowest BCUT2D eigenvalue weighted by Crippen LogP contribution is -2.26. The lowest BCUT2D eigenvalue weighted by molar-refractivity contribution is 0.0954.